The van der Waals surface area contributed by atoms with Gasteiger partial charge in [0.05, 0.1) is 22.5 Å². The van der Waals surface area contributed by atoms with Gasteiger partial charge in [-0.3, -0.25) is 0 Å². The van der Waals surface area contributed by atoms with Gasteiger partial charge in [0, 0.05) is 31.5 Å². The minimum Gasteiger partial charge on any atom is -0.485 e. The molecular weight excluding hydrogens is 408 g/mol. The van der Waals surface area contributed by atoms with Crippen LogP contribution in [0.1, 0.15) is 28.8 Å². The number of nitrogens with one attached hydrogen (secondary N) is 1. The molecule has 7 nitrogen and oxygen atoms in total. The van der Waals surface area contributed by atoms with Gasteiger partial charge in [-0.25, -0.2) is 4.68 Å². The zero-order chi connectivity index (χ0) is 22.0. The van der Waals surface area contributed by atoms with Crippen LogP contribution in [0.4, 0.5) is 5.82 Å². The zero-order valence-electron chi connectivity index (χ0n) is 18.6. The van der Waals surface area contributed by atoms with E-state index in [0.717, 1.165) is 52.5 Å². The van der Waals surface area contributed by atoms with Gasteiger partial charge in [0.1, 0.15) is 17.4 Å². The second-order valence-electron chi connectivity index (χ2n) is 7.74. The summed E-state index contributed by atoms with van der Waals surface area (Å²) in [6, 6.07) is 12.3. The molecule has 0 amide bonds. The Morgan fingerprint density at radius 2 is 2.00 bits per heavy atom. The number of hydrogen-bond acceptors (Lipinski definition) is 7. The molecule has 0 aliphatic carbocycles. The van der Waals surface area contributed by atoms with Gasteiger partial charge < -0.3 is 15.0 Å². The third kappa shape index (κ3) is 4.26. The Morgan fingerprint density at radius 3 is 2.71 bits per heavy atom. The Balaban J connectivity index is 1.71. The molecule has 162 valence electrons. The van der Waals surface area contributed by atoms with E-state index in [-0.39, 0.29) is 6.10 Å². The van der Waals surface area contributed by atoms with E-state index in [1.54, 1.807) is 11.3 Å². The predicted octanol–water partition coefficient (Wildman–Crippen LogP) is 4.29. The van der Waals surface area contributed by atoms with Crippen LogP contribution in [0.2, 0.25) is 0 Å². The molecular formula is C23H28N6OS. The van der Waals surface area contributed by atoms with Gasteiger partial charge in [-0.05, 0) is 51.0 Å². The van der Waals surface area contributed by atoms with Crippen molar-refractivity contribution < 1.29 is 4.74 Å². The van der Waals surface area contributed by atoms with Crippen molar-refractivity contribution in [2.45, 2.75) is 26.4 Å². The van der Waals surface area contributed by atoms with Crippen LogP contribution in [0.15, 0.2) is 41.8 Å². The lowest BCUT2D eigenvalue weighted by molar-refractivity contribution is 0.198. The van der Waals surface area contributed by atoms with Crippen molar-refractivity contribution in [1.29, 1.82) is 0 Å². The summed E-state index contributed by atoms with van der Waals surface area (Å²) in [7, 11) is 5.87. The van der Waals surface area contributed by atoms with Crippen LogP contribution in [0.5, 0.6) is 5.75 Å². The highest BCUT2D eigenvalue weighted by Crippen LogP contribution is 2.31. The average molecular weight is 437 g/mol. The fourth-order valence-electron chi connectivity index (χ4n) is 3.73. The normalized spacial score (nSPS) is 12.3. The van der Waals surface area contributed by atoms with Crippen molar-refractivity contribution in [3.05, 3.63) is 58.0 Å². The van der Waals surface area contributed by atoms with Crippen molar-refractivity contribution in [3.63, 3.8) is 0 Å². The van der Waals surface area contributed by atoms with E-state index in [9.17, 15) is 0 Å². The number of nitrogens with zero attached hydrogens (tertiary/aromatic N) is 5. The molecule has 1 N–H and O–H groups in total. The molecule has 0 spiro atoms. The number of aryl methyl sites for hydroxylation is 2. The minimum absolute atomic E-state index is 0.0106. The van der Waals surface area contributed by atoms with Crippen molar-refractivity contribution >= 4 is 28.1 Å². The van der Waals surface area contributed by atoms with Crippen molar-refractivity contribution in [3.8, 4) is 11.4 Å². The summed E-state index contributed by atoms with van der Waals surface area (Å²) in [4.78, 5) is 3.17. The standard InChI is InChI=1S/C23H28N6OS/c1-15-21-16(2)29(27-22(21)23(26-25-15)28(4)5)17-8-6-9-18(14-17)30-19(11-12-24-3)20-10-7-13-31-20/h6-10,13-14,19,24H,11-12H2,1-5H3. The van der Waals surface area contributed by atoms with Crippen LogP contribution in [0, 0.1) is 13.8 Å². The Morgan fingerprint density at radius 1 is 1.16 bits per heavy atom. The van der Waals surface area contributed by atoms with E-state index >= 15 is 0 Å². The number of thiophene rings is 1. The summed E-state index contributed by atoms with van der Waals surface area (Å²) in [5, 5.41) is 19.9. The fourth-order valence-corrected chi connectivity index (χ4v) is 4.52. The molecule has 0 saturated heterocycles. The number of ether oxygens (including phenoxy) is 1. The summed E-state index contributed by atoms with van der Waals surface area (Å²) < 4.78 is 8.37. The lowest BCUT2D eigenvalue weighted by Gasteiger charge is -2.18. The summed E-state index contributed by atoms with van der Waals surface area (Å²) in [5.41, 5.74) is 3.72. The molecule has 4 rings (SSSR count). The molecule has 0 bridgehead atoms. The number of benzene rings is 1. The maximum Gasteiger partial charge on any atom is 0.179 e. The molecule has 8 heteroatoms. The topological polar surface area (TPSA) is 68.1 Å². The van der Waals surface area contributed by atoms with Crippen molar-refractivity contribution in [2.24, 2.45) is 0 Å². The Bertz CT molecular complexity index is 1170. The number of anilines is 1. The van der Waals surface area contributed by atoms with Crippen LogP contribution in [0.3, 0.4) is 0 Å². The molecule has 3 heterocycles. The summed E-state index contributed by atoms with van der Waals surface area (Å²) in [5.74, 6) is 1.59. The third-order valence-corrected chi connectivity index (χ3v) is 6.23. The quantitative estimate of drug-likeness (QED) is 0.444. The first-order chi connectivity index (χ1) is 15.0. The molecule has 1 unspecified atom stereocenters. The molecule has 3 aromatic heterocycles. The smallest absolute Gasteiger partial charge is 0.179 e. The first-order valence-corrected chi connectivity index (χ1v) is 11.2. The molecule has 0 saturated carbocycles. The van der Waals surface area contributed by atoms with Gasteiger partial charge in [-0.1, -0.05) is 12.1 Å². The Labute approximate surface area is 186 Å². The zero-order valence-corrected chi connectivity index (χ0v) is 19.4. The monoisotopic (exact) mass is 436 g/mol. The first kappa shape index (κ1) is 21.3. The predicted molar refractivity (Wildman–Crippen MR) is 127 cm³/mol. The van der Waals surface area contributed by atoms with E-state index in [0.29, 0.717) is 0 Å². The van der Waals surface area contributed by atoms with E-state index in [2.05, 4.69) is 40.0 Å². The Hall–Kier alpha value is -2.97. The number of rotatable bonds is 8. The maximum atomic E-state index is 6.42. The summed E-state index contributed by atoms with van der Waals surface area (Å²) in [6.07, 6.45) is 0.908. The van der Waals surface area contributed by atoms with Gasteiger partial charge >= 0.3 is 0 Å². The minimum atomic E-state index is 0.0106. The van der Waals surface area contributed by atoms with E-state index < -0.39 is 0 Å². The lowest BCUT2D eigenvalue weighted by atomic mass is 10.2. The van der Waals surface area contributed by atoms with E-state index in [1.807, 2.05) is 61.9 Å². The second kappa shape index (κ2) is 9.03. The Kier molecular flexibility index (Phi) is 6.20. The first-order valence-electron chi connectivity index (χ1n) is 10.3. The molecule has 0 fully saturated rings. The highest BCUT2D eigenvalue weighted by atomic mass is 32.1. The second-order valence-corrected chi connectivity index (χ2v) is 8.72. The summed E-state index contributed by atoms with van der Waals surface area (Å²) in [6.45, 7) is 4.93. The van der Waals surface area contributed by atoms with Crippen LogP contribution < -0.4 is 15.0 Å². The van der Waals surface area contributed by atoms with Crippen LogP contribution >= 0.6 is 11.3 Å². The molecule has 4 aromatic rings. The largest absolute Gasteiger partial charge is 0.485 e. The fraction of sp³-hybridized carbons (Fsp3) is 0.348. The lowest BCUT2D eigenvalue weighted by Crippen LogP contribution is -2.15. The molecule has 0 aliphatic rings. The SMILES string of the molecule is CNCCC(Oc1cccc(-n2nc3c(N(C)C)nnc(C)c3c2C)c1)c1cccs1. The number of fused-ring (bicyclic) bond motifs is 1. The maximum absolute atomic E-state index is 6.42. The van der Waals surface area contributed by atoms with Crippen molar-refractivity contribution in [2.75, 3.05) is 32.6 Å². The number of aromatic nitrogens is 4. The van der Waals surface area contributed by atoms with E-state index in [1.165, 1.54) is 4.88 Å². The van der Waals surface area contributed by atoms with Crippen molar-refractivity contribution in [1.82, 2.24) is 25.3 Å². The molecule has 31 heavy (non-hydrogen) atoms. The molecule has 0 radical (unpaired) electrons. The summed E-state index contributed by atoms with van der Waals surface area (Å²) >= 11 is 1.72. The third-order valence-electron chi connectivity index (χ3n) is 5.27. The van der Waals surface area contributed by atoms with Gasteiger partial charge in [-0.15, -0.1) is 16.4 Å². The molecule has 0 aliphatic heterocycles. The molecule has 1 atom stereocenters. The van der Waals surface area contributed by atoms with Crippen LogP contribution in [-0.2, 0) is 0 Å². The highest BCUT2D eigenvalue weighted by Gasteiger charge is 2.19. The average Bonchev–Trinajstić information content (AvgIpc) is 3.40. The van der Waals surface area contributed by atoms with Crippen LogP contribution in [-0.4, -0.2) is 47.7 Å². The van der Waals surface area contributed by atoms with Gasteiger partial charge in [-0.2, -0.15) is 10.2 Å². The number of hydrogen-bond donors (Lipinski definition) is 1. The highest BCUT2D eigenvalue weighted by molar-refractivity contribution is 7.10. The van der Waals surface area contributed by atoms with E-state index in [4.69, 9.17) is 9.84 Å². The van der Waals surface area contributed by atoms with Gasteiger partial charge in [0.2, 0.25) is 0 Å². The van der Waals surface area contributed by atoms with Crippen LogP contribution in [0.25, 0.3) is 16.6 Å². The van der Waals surface area contributed by atoms with Gasteiger partial charge in [0.15, 0.2) is 5.82 Å². The molecule has 1 aromatic carbocycles. The van der Waals surface area contributed by atoms with Gasteiger partial charge in [0.25, 0.3) is 0 Å².